The molecule has 4 nitrogen and oxygen atoms in total. The maximum atomic E-state index is 7.46. The number of benzene rings is 1. The average molecular weight is 228 g/mol. The van der Waals surface area contributed by atoms with Crippen molar-refractivity contribution in [2.75, 3.05) is 0 Å². The molecule has 1 aromatic heterocycles. The summed E-state index contributed by atoms with van der Waals surface area (Å²) in [4.78, 5) is 0. The van der Waals surface area contributed by atoms with E-state index in [1.165, 1.54) is 11.1 Å². The first kappa shape index (κ1) is 11.4. The molecular formula is C13H16N4. The molecule has 0 fully saturated rings. The molecule has 0 unspecified atom stereocenters. The second-order valence-corrected chi connectivity index (χ2v) is 4.32. The third-order valence-corrected chi connectivity index (χ3v) is 2.75. The van der Waals surface area contributed by atoms with Gasteiger partial charge in [0.15, 0.2) is 0 Å². The predicted molar refractivity (Wildman–Crippen MR) is 68.8 cm³/mol. The van der Waals surface area contributed by atoms with Gasteiger partial charge >= 0.3 is 0 Å². The highest BCUT2D eigenvalue weighted by atomic mass is 15.3. The van der Waals surface area contributed by atoms with Gasteiger partial charge in [-0.15, -0.1) is 0 Å². The Morgan fingerprint density at radius 1 is 1.18 bits per heavy atom. The Kier molecular flexibility index (Phi) is 2.71. The second-order valence-electron chi connectivity index (χ2n) is 4.32. The van der Waals surface area contributed by atoms with Crippen LogP contribution in [0.25, 0.3) is 5.69 Å². The molecule has 0 bridgehead atoms. The smallest absolute Gasteiger partial charge is 0.126 e. The van der Waals surface area contributed by atoms with Crippen LogP contribution in [0.2, 0.25) is 0 Å². The summed E-state index contributed by atoms with van der Waals surface area (Å²) in [5.74, 6) is 0.0538. The van der Waals surface area contributed by atoms with E-state index in [1.54, 1.807) is 6.20 Å². The standard InChI is InChI=1S/C13H16N4/c1-8-4-9(2)6-11(5-8)17-10(3)12(7-16-17)13(14)15/h4-7H,1-3H3,(H3,14,15). The molecule has 88 valence electrons. The van der Waals surface area contributed by atoms with E-state index in [4.69, 9.17) is 11.1 Å². The van der Waals surface area contributed by atoms with E-state index in [-0.39, 0.29) is 5.84 Å². The van der Waals surface area contributed by atoms with Crippen LogP contribution in [0.3, 0.4) is 0 Å². The zero-order chi connectivity index (χ0) is 12.6. The van der Waals surface area contributed by atoms with Crippen molar-refractivity contribution >= 4 is 5.84 Å². The summed E-state index contributed by atoms with van der Waals surface area (Å²) in [7, 11) is 0. The summed E-state index contributed by atoms with van der Waals surface area (Å²) in [5, 5.41) is 11.7. The minimum Gasteiger partial charge on any atom is -0.384 e. The number of hydrogen-bond acceptors (Lipinski definition) is 2. The predicted octanol–water partition coefficient (Wildman–Crippen LogP) is 2.08. The van der Waals surface area contributed by atoms with Crippen molar-refractivity contribution in [3.8, 4) is 5.69 Å². The van der Waals surface area contributed by atoms with Crippen molar-refractivity contribution in [1.29, 1.82) is 5.41 Å². The topological polar surface area (TPSA) is 67.7 Å². The number of nitrogens with two attached hydrogens (primary N) is 1. The van der Waals surface area contributed by atoms with E-state index < -0.39 is 0 Å². The van der Waals surface area contributed by atoms with Crippen LogP contribution < -0.4 is 5.73 Å². The molecule has 0 aliphatic rings. The Morgan fingerprint density at radius 2 is 1.76 bits per heavy atom. The number of amidine groups is 1. The SMILES string of the molecule is Cc1cc(C)cc(-n2ncc(C(=N)N)c2C)c1. The molecule has 17 heavy (non-hydrogen) atoms. The summed E-state index contributed by atoms with van der Waals surface area (Å²) in [6.07, 6.45) is 1.63. The lowest BCUT2D eigenvalue weighted by atomic mass is 10.1. The van der Waals surface area contributed by atoms with Gasteiger partial charge in [-0.05, 0) is 44.0 Å². The Hall–Kier alpha value is -2.10. The summed E-state index contributed by atoms with van der Waals surface area (Å²) >= 11 is 0. The van der Waals surface area contributed by atoms with Crippen LogP contribution in [0.15, 0.2) is 24.4 Å². The summed E-state index contributed by atoms with van der Waals surface area (Å²) < 4.78 is 1.82. The normalized spacial score (nSPS) is 10.5. The van der Waals surface area contributed by atoms with Crippen LogP contribution in [-0.4, -0.2) is 15.6 Å². The van der Waals surface area contributed by atoms with Crippen LogP contribution in [0.1, 0.15) is 22.4 Å². The van der Waals surface area contributed by atoms with Crippen molar-refractivity contribution in [1.82, 2.24) is 9.78 Å². The Bertz CT molecular complexity index is 561. The van der Waals surface area contributed by atoms with Gasteiger partial charge in [0.25, 0.3) is 0 Å². The fourth-order valence-corrected chi connectivity index (χ4v) is 2.01. The molecule has 0 saturated heterocycles. The van der Waals surface area contributed by atoms with Gasteiger partial charge in [0.2, 0.25) is 0 Å². The molecule has 0 aliphatic carbocycles. The van der Waals surface area contributed by atoms with E-state index in [9.17, 15) is 0 Å². The first-order valence-corrected chi connectivity index (χ1v) is 5.46. The van der Waals surface area contributed by atoms with Crippen LogP contribution in [0.4, 0.5) is 0 Å². The number of aromatic nitrogens is 2. The van der Waals surface area contributed by atoms with Crippen LogP contribution in [-0.2, 0) is 0 Å². The second kappa shape index (κ2) is 4.05. The van der Waals surface area contributed by atoms with Crippen LogP contribution in [0.5, 0.6) is 0 Å². The average Bonchev–Trinajstić information content (AvgIpc) is 2.58. The summed E-state index contributed by atoms with van der Waals surface area (Å²) in [5.41, 5.74) is 10.5. The molecule has 0 saturated carbocycles. The van der Waals surface area contributed by atoms with Crippen molar-refractivity contribution in [3.63, 3.8) is 0 Å². The first-order chi connectivity index (χ1) is 7.99. The van der Waals surface area contributed by atoms with E-state index in [0.717, 1.165) is 11.4 Å². The largest absolute Gasteiger partial charge is 0.384 e. The third kappa shape index (κ3) is 2.06. The fourth-order valence-electron chi connectivity index (χ4n) is 2.01. The van der Waals surface area contributed by atoms with Gasteiger partial charge in [-0.3, -0.25) is 5.41 Å². The van der Waals surface area contributed by atoms with Gasteiger partial charge in [0.05, 0.1) is 23.1 Å². The number of rotatable bonds is 2. The van der Waals surface area contributed by atoms with E-state index in [1.807, 2.05) is 11.6 Å². The highest BCUT2D eigenvalue weighted by Crippen LogP contribution is 2.16. The van der Waals surface area contributed by atoms with Crippen molar-refractivity contribution < 1.29 is 0 Å². The van der Waals surface area contributed by atoms with E-state index in [2.05, 4.69) is 37.1 Å². The van der Waals surface area contributed by atoms with Gasteiger partial charge < -0.3 is 5.73 Å². The summed E-state index contributed by atoms with van der Waals surface area (Å²) in [6.45, 7) is 6.03. The number of nitrogens with zero attached hydrogens (tertiary/aromatic N) is 2. The Morgan fingerprint density at radius 3 is 2.24 bits per heavy atom. The molecule has 1 heterocycles. The Labute approximate surface area is 101 Å². The minimum absolute atomic E-state index is 0.0538. The molecule has 0 radical (unpaired) electrons. The first-order valence-electron chi connectivity index (χ1n) is 5.46. The molecule has 0 amide bonds. The zero-order valence-corrected chi connectivity index (χ0v) is 10.3. The van der Waals surface area contributed by atoms with E-state index in [0.29, 0.717) is 5.56 Å². The highest BCUT2D eigenvalue weighted by Gasteiger charge is 2.10. The maximum Gasteiger partial charge on any atom is 0.126 e. The third-order valence-electron chi connectivity index (χ3n) is 2.75. The summed E-state index contributed by atoms with van der Waals surface area (Å²) in [6, 6.07) is 6.25. The molecule has 1 aromatic carbocycles. The van der Waals surface area contributed by atoms with Crippen molar-refractivity contribution in [3.05, 3.63) is 46.8 Å². The van der Waals surface area contributed by atoms with Crippen molar-refractivity contribution in [2.24, 2.45) is 5.73 Å². The molecule has 0 aliphatic heterocycles. The lowest BCUT2D eigenvalue weighted by molar-refractivity contribution is 0.844. The van der Waals surface area contributed by atoms with Gasteiger partial charge in [-0.2, -0.15) is 5.10 Å². The molecule has 0 atom stereocenters. The number of hydrogen-bond donors (Lipinski definition) is 2. The van der Waals surface area contributed by atoms with Gasteiger partial charge in [0, 0.05) is 0 Å². The van der Waals surface area contributed by atoms with E-state index >= 15 is 0 Å². The number of nitrogen functional groups attached to an aromatic ring is 1. The van der Waals surface area contributed by atoms with Crippen LogP contribution >= 0.6 is 0 Å². The fraction of sp³-hybridized carbons (Fsp3) is 0.231. The lowest BCUT2D eigenvalue weighted by Gasteiger charge is -2.07. The Balaban J connectivity index is 2.57. The highest BCUT2D eigenvalue weighted by molar-refractivity contribution is 5.95. The molecule has 4 heteroatoms. The van der Waals surface area contributed by atoms with Crippen LogP contribution in [0, 0.1) is 26.2 Å². The zero-order valence-electron chi connectivity index (χ0n) is 10.3. The maximum absolute atomic E-state index is 7.46. The molecule has 0 spiro atoms. The number of aryl methyl sites for hydroxylation is 2. The van der Waals surface area contributed by atoms with Gasteiger partial charge in [-0.1, -0.05) is 6.07 Å². The van der Waals surface area contributed by atoms with Gasteiger partial charge in [0.1, 0.15) is 5.84 Å². The molecule has 2 rings (SSSR count). The quantitative estimate of drug-likeness (QED) is 0.610. The van der Waals surface area contributed by atoms with Crippen molar-refractivity contribution in [2.45, 2.75) is 20.8 Å². The molecule has 3 N–H and O–H groups in total. The lowest BCUT2D eigenvalue weighted by Crippen LogP contribution is -2.12. The monoisotopic (exact) mass is 228 g/mol. The number of nitrogens with one attached hydrogen (secondary N) is 1. The van der Waals surface area contributed by atoms with Gasteiger partial charge in [-0.25, -0.2) is 4.68 Å². The molecular weight excluding hydrogens is 212 g/mol. The minimum atomic E-state index is 0.0538. The molecule has 2 aromatic rings.